The summed E-state index contributed by atoms with van der Waals surface area (Å²) in [7, 11) is 0. The molecule has 3 aromatic heterocycles. The van der Waals surface area contributed by atoms with Gasteiger partial charge in [0.2, 0.25) is 0 Å². The number of nitrogens with two attached hydrogens (primary N) is 2. The molecule has 4 aliphatic heterocycles. The molecule has 5 atom stereocenters. The molecule has 280 valence electrons. The second-order valence-corrected chi connectivity index (χ2v) is 15.3. The number of nitrogen functional groups attached to an aromatic ring is 2. The zero-order valence-corrected chi connectivity index (χ0v) is 29.6. The number of nitriles is 1. The van der Waals surface area contributed by atoms with Gasteiger partial charge in [0.1, 0.15) is 58.4 Å². The summed E-state index contributed by atoms with van der Waals surface area (Å²) in [6.07, 6.45) is -3.95. The van der Waals surface area contributed by atoms with E-state index < -0.39 is 64.3 Å². The fraction of sp³-hybridized carbons (Fsp3) is 0.405. The number of pyridine rings is 1. The molecule has 0 saturated carbocycles. The first-order chi connectivity index (χ1) is 25.9. The Morgan fingerprint density at radius 2 is 2.00 bits per heavy atom. The Morgan fingerprint density at radius 1 is 1.17 bits per heavy atom. The predicted octanol–water partition coefficient (Wildman–Crippen LogP) is 6.78. The quantitative estimate of drug-likeness (QED) is 0.176. The first-order valence-corrected chi connectivity index (χ1v) is 18.3. The number of fused-ring (bicyclic) bond motifs is 3. The number of rotatable bonds is 6. The van der Waals surface area contributed by atoms with Gasteiger partial charge >= 0.3 is 12.2 Å². The van der Waals surface area contributed by atoms with Gasteiger partial charge in [-0.2, -0.15) is 28.4 Å². The van der Waals surface area contributed by atoms with Crippen LogP contribution >= 0.6 is 11.3 Å². The largest absolute Gasteiger partial charge is 0.484 e. The third kappa shape index (κ3) is 5.21. The number of halogens is 5. The van der Waals surface area contributed by atoms with Crippen LogP contribution in [0.3, 0.4) is 0 Å². The molecule has 0 amide bonds. The van der Waals surface area contributed by atoms with Crippen LogP contribution in [0.15, 0.2) is 36.5 Å². The van der Waals surface area contributed by atoms with Gasteiger partial charge in [0.05, 0.1) is 41.8 Å². The van der Waals surface area contributed by atoms with Gasteiger partial charge in [0.15, 0.2) is 5.82 Å². The highest BCUT2D eigenvalue weighted by Gasteiger charge is 2.51. The maximum absolute atomic E-state index is 17.6. The van der Waals surface area contributed by atoms with Crippen molar-refractivity contribution in [2.75, 3.05) is 49.3 Å². The van der Waals surface area contributed by atoms with Crippen molar-refractivity contribution in [2.45, 2.75) is 62.3 Å². The van der Waals surface area contributed by atoms with Crippen LogP contribution in [0, 0.1) is 17.1 Å². The van der Waals surface area contributed by atoms with E-state index >= 15 is 17.6 Å². The van der Waals surface area contributed by atoms with Gasteiger partial charge in [-0.15, -0.1) is 11.3 Å². The third-order valence-electron chi connectivity index (χ3n) is 11.2. The number of benzene rings is 2. The van der Waals surface area contributed by atoms with Gasteiger partial charge in [-0.05, 0) is 44.0 Å². The monoisotopic (exact) mass is 764 g/mol. The summed E-state index contributed by atoms with van der Waals surface area (Å²) in [5, 5.41) is 9.87. The predicted molar refractivity (Wildman–Crippen MR) is 192 cm³/mol. The molecule has 0 spiro atoms. The number of anilines is 3. The highest BCUT2D eigenvalue weighted by Crippen LogP contribution is 2.55. The van der Waals surface area contributed by atoms with Crippen LogP contribution < -0.4 is 25.8 Å². The van der Waals surface area contributed by atoms with E-state index in [1.165, 1.54) is 18.3 Å². The van der Waals surface area contributed by atoms with Gasteiger partial charge in [0, 0.05) is 40.4 Å². The lowest BCUT2D eigenvalue weighted by atomic mass is 9.91. The molecule has 3 saturated heterocycles. The van der Waals surface area contributed by atoms with E-state index in [1.807, 2.05) is 11.0 Å². The van der Waals surface area contributed by atoms with Crippen molar-refractivity contribution in [3.05, 3.63) is 59.0 Å². The van der Waals surface area contributed by atoms with Crippen LogP contribution in [0.1, 0.15) is 48.9 Å². The molecule has 0 bridgehead atoms. The lowest BCUT2D eigenvalue weighted by Gasteiger charge is -2.36. The fourth-order valence-corrected chi connectivity index (χ4v) is 9.84. The van der Waals surface area contributed by atoms with Crippen LogP contribution in [0.4, 0.5) is 38.6 Å². The highest BCUT2D eigenvalue weighted by molar-refractivity contribution is 7.23. The van der Waals surface area contributed by atoms with Crippen molar-refractivity contribution in [2.24, 2.45) is 0 Å². The molecular weight excluding hydrogens is 732 g/mol. The number of hydrogen-bond acceptors (Lipinski definition) is 12. The maximum Gasteiger partial charge on any atom is 0.420 e. The smallest absolute Gasteiger partial charge is 0.420 e. The Bertz CT molecular complexity index is 2390. The van der Waals surface area contributed by atoms with Crippen LogP contribution in [-0.4, -0.2) is 76.6 Å². The van der Waals surface area contributed by atoms with E-state index in [1.54, 1.807) is 30.0 Å². The molecule has 11 nitrogen and oxygen atoms in total. The van der Waals surface area contributed by atoms with Gasteiger partial charge in [-0.1, -0.05) is 18.2 Å². The minimum absolute atomic E-state index is 0.0177. The molecule has 4 N–H and O–H groups in total. The lowest BCUT2D eigenvalue weighted by Crippen LogP contribution is -2.46. The number of hydrogen-bond donors (Lipinski definition) is 2. The summed E-state index contributed by atoms with van der Waals surface area (Å²) in [6.45, 7) is 2.68. The summed E-state index contributed by atoms with van der Waals surface area (Å²) >= 11 is 1.01. The third-order valence-corrected chi connectivity index (χ3v) is 12.2. The van der Waals surface area contributed by atoms with Crippen molar-refractivity contribution in [3.8, 4) is 29.0 Å². The highest BCUT2D eigenvalue weighted by atomic mass is 32.1. The van der Waals surface area contributed by atoms with Crippen molar-refractivity contribution in [1.82, 2.24) is 19.9 Å². The van der Waals surface area contributed by atoms with E-state index in [9.17, 15) is 9.65 Å². The van der Waals surface area contributed by atoms with Crippen molar-refractivity contribution >= 4 is 49.0 Å². The van der Waals surface area contributed by atoms with Crippen molar-refractivity contribution in [1.29, 1.82) is 5.26 Å². The van der Waals surface area contributed by atoms with Crippen LogP contribution in [0.2, 0.25) is 0 Å². The summed E-state index contributed by atoms with van der Waals surface area (Å²) in [5.41, 5.74) is 9.37. The molecule has 5 aromatic rings. The van der Waals surface area contributed by atoms with Gasteiger partial charge in [-0.25, -0.2) is 13.8 Å². The zero-order valence-electron chi connectivity index (χ0n) is 28.8. The van der Waals surface area contributed by atoms with E-state index in [4.69, 9.17) is 30.7 Å². The Hall–Kier alpha value is -5.05. The fourth-order valence-electron chi connectivity index (χ4n) is 8.90. The molecular formula is C37H33F5N8O3S. The Labute approximate surface area is 309 Å². The maximum atomic E-state index is 17.6. The topological polar surface area (TPSA) is 149 Å². The number of nitrogens with zero attached hydrogens (tertiary/aromatic N) is 6. The summed E-state index contributed by atoms with van der Waals surface area (Å²) < 4.78 is 98.3. The molecule has 3 fully saturated rings. The summed E-state index contributed by atoms with van der Waals surface area (Å²) in [5.74, 6) is -1.90. The first-order valence-electron chi connectivity index (χ1n) is 17.5. The van der Waals surface area contributed by atoms with E-state index in [2.05, 4.69) is 9.97 Å². The number of aromatic nitrogens is 3. The second kappa shape index (κ2) is 12.5. The molecule has 0 aliphatic carbocycles. The van der Waals surface area contributed by atoms with Gasteiger partial charge in [0.25, 0.3) is 0 Å². The molecule has 2 aromatic carbocycles. The van der Waals surface area contributed by atoms with Crippen LogP contribution in [-0.2, 0) is 10.9 Å². The van der Waals surface area contributed by atoms with Crippen molar-refractivity contribution < 1.29 is 36.2 Å². The van der Waals surface area contributed by atoms with E-state index in [0.717, 1.165) is 17.8 Å². The van der Waals surface area contributed by atoms with Crippen LogP contribution in [0.25, 0.3) is 32.1 Å². The molecule has 4 aliphatic rings. The minimum Gasteiger partial charge on any atom is -0.484 e. The Balaban J connectivity index is 1.35. The van der Waals surface area contributed by atoms with Gasteiger partial charge < -0.3 is 30.6 Å². The van der Waals surface area contributed by atoms with Crippen LogP contribution in [0.5, 0.6) is 11.8 Å². The molecule has 3 unspecified atom stereocenters. The second-order valence-electron chi connectivity index (χ2n) is 14.3. The van der Waals surface area contributed by atoms with E-state index in [-0.39, 0.29) is 77.3 Å². The standard InChI is InChI=1S/C37H33F5N8O3S/c1-17(19-6-3-9-46-32(19)44)50-22-14-51-15-23(22)53-31-27-30(47-35(48-34(27)50)52-16-36-8-4-10-49(36)13-18(38)11-36)29(39)26(28(31)37(40,41)42)20-5-2-7-24-25(20)21(12-43)33(45)54-24/h2-3,5-7,9,17-18,22-23H,4,8,10-11,13-16,45H2,1H3,(H2,44,46)/t17?,18-,22?,23?,36+/m1/s1. The van der Waals surface area contributed by atoms with Gasteiger partial charge in [-0.3, -0.25) is 4.90 Å². The number of ether oxygens (including phenoxy) is 3. The molecule has 9 rings (SSSR count). The average Bonchev–Trinajstić information content (AvgIpc) is 3.88. The SMILES string of the molecule is CC(c1cccnc1N)N1c2nc(OC[C@@]34CCCN3C[C@H](F)C4)nc3c(F)c(-c4cccc5sc(N)c(C#N)c45)c(C(F)(F)F)c(c23)OC2COCC21. The first kappa shape index (κ1) is 34.7. The minimum atomic E-state index is -5.18. The average molecular weight is 765 g/mol. The normalized spacial score (nSPS) is 24.3. The number of thiophene rings is 1. The Kier molecular flexibility index (Phi) is 8.03. The lowest BCUT2D eigenvalue weighted by molar-refractivity contribution is -0.138. The molecule has 54 heavy (non-hydrogen) atoms. The summed E-state index contributed by atoms with van der Waals surface area (Å²) in [6, 6.07) is 8.10. The Morgan fingerprint density at radius 3 is 2.78 bits per heavy atom. The molecule has 0 radical (unpaired) electrons. The number of alkyl halides is 4. The van der Waals surface area contributed by atoms with Crippen molar-refractivity contribution in [3.63, 3.8) is 0 Å². The summed E-state index contributed by atoms with van der Waals surface area (Å²) in [4.78, 5) is 17.2. The van der Waals surface area contributed by atoms with E-state index in [0.29, 0.717) is 23.2 Å². The molecule has 7 heterocycles. The zero-order chi connectivity index (χ0) is 37.7. The molecule has 17 heteroatoms.